The lowest BCUT2D eigenvalue weighted by Gasteiger charge is -2.32. The van der Waals surface area contributed by atoms with Crippen molar-refractivity contribution in [2.24, 2.45) is 0 Å². The third kappa shape index (κ3) is 5.67. The molecule has 0 spiro atoms. The number of alkyl carbamates (subject to hydrolysis) is 1. The van der Waals surface area contributed by atoms with Gasteiger partial charge in [-0.1, -0.05) is 30.3 Å². The molecule has 1 aromatic carbocycles. The molecule has 1 aliphatic heterocycles. The van der Waals surface area contributed by atoms with E-state index in [0.717, 1.165) is 18.4 Å². The summed E-state index contributed by atoms with van der Waals surface area (Å²) in [5, 5.41) is 2.74. The molecule has 1 atom stereocenters. The minimum Gasteiger partial charge on any atom is -0.445 e. The Kier molecular flexibility index (Phi) is 5.92. The Balaban J connectivity index is 1.72. The van der Waals surface area contributed by atoms with Gasteiger partial charge < -0.3 is 10.1 Å². The Hall–Kier alpha value is -1.69. The van der Waals surface area contributed by atoms with E-state index in [1.165, 1.54) is 0 Å². The molecule has 1 aromatic rings. The molecule has 1 saturated heterocycles. The van der Waals surface area contributed by atoms with Gasteiger partial charge in [-0.3, -0.25) is 4.90 Å². The van der Waals surface area contributed by atoms with Crippen molar-refractivity contribution < 1.29 is 18.3 Å². The summed E-state index contributed by atoms with van der Waals surface area (Å²) < 4.78 is 29.9. The van der Waals surface area contributed by atoms with Crippen molar-refractivity contribution >= 4 is 6.09 Å². The number of carbonyl (C=O) groups excluding carboxylic acids is 1. The fraction of sp³-hybridized carbons (Fsp3) is 0.533. The molecule has 0 aliphatic carbocycles. The summed E-state index contributed by atoms with van der Waals surface area (Å²) in [6, 6.07) is 9.26. The van der Waals surface area contributed by atoms with Crippen molar-refractivity contribution in [3.63, 3.8) is 0 Å². The Morgan fingerprint density at radius 1 is 1.38 bits per heavy atom. The van der Waals surface area contributed by atoms with Crippen LogP contribution in [-0.2, 0) is 11.3 Å². The number of nitrogens with one attached hydrogen (secondary N) is 1. The zero-order chi connectivity index (χ0) is 15.1. The van der Waals surface area contributed by atoms with Crippen molar-refractivity contribution in [2.45, 2.75) is 31.9 Å². The van der Waals surface area contributed by atoms with Gasteiger partial charge in [-0.2, -0.15) is 0 Å². The summed E-state index contributed by atoms with van der Waals surface area (Å²) in [7, 11) is 0. The quantitative estimate of drug-likeness (QED) is 0.908. The highest BCUT2D eigenvalue weighted by molar-refractivity contribution is 5.67. The highest BCUT2D eigenvalue weighted by atomic mass is 19.3. The molecule has 1 heterocycles. The maximum Gasteiger partial charge on any atom is 0.407 e. The number of rotatable bonds is 5. The second-order valence-electron chi connectivity index (χ2n) is 5.20. The summed E-state index contributed by atoms with van der Waals surface area (Å²) in [4.78, 5) is 13.4. The molecular formula is C15H20F2N2O2. The fourth-order valence-corrected chi connectivity index (χ4v) is 2.47. The highest BCUT2D eigenvalue weighted by Gasteiger charge is 2.23. The van der Waals surface area contributed by atoms with E-state index in [9.17, 15) is 13.6 Å². The van der Waals surface area contributed by atoms with Crippen LogP contribution in [0.15, 0.2) is 30.3 Å². The lowest BCUT2D eigenvalue weighted by Crippen LogP contribution is -2.48. The largest absolute Gasteiger partial charge is 0.445 e. The van der Waals surface area contributed by atoms with Crippen LogP contribution in [0, 0.1) is 0 Å². The Labute approximate surface area is 123 Å². The molecule has 0 saturated carbocycles. The number of amides is 1. The summed E-state index contributed by atoms with van der Waals surface area (Å²) in [6.07, 6.45) is -1.24. The van der Waals surface area contributed by atoms with Crippen LogP contribution < -0.4 is 5.32 Å². The zero-order valence-corrected chi connectivity index (χ0v) is 11.8. The summed E-state index contributed by atoms with van der Waals surface area (Å²) in [5.41, 5.74) is 0.913. The molecule has 0 radical (unpaired) electrons. The molecule has 4 nitrogen and oxygen atoms in total. The lowest BCUT2D eigenvalue weighted by atomic mass is 10.1. The second kappa shape index (κ2) is 7.93. The Morgan fingerprint density at radius 2 is 2.14 bits per heavy atom. The van der Waals surface area contributed by atoms with Crippen LogP contribution in [0.1, 0.15) is 18.4 Å². The molecule has 1 N–H and O–H groups in total. The average Bonchev–Trinajstić information content (AvgIpc) is 2.46. The number of benzene rings is 1. The molecule has 0 bridgehead atoms. The van der Waals surface area contributed by atoms with E-state index >= 15 is 0 Å². The monoisotopic (exact) mass is 298 g/mol. The van der Waals surface area contributed by atoms with Crippen LogP contribution in [0.5, 0.6) is 0 Å². The van der Waals surface area contributed by atoms with E-state index in [2.05, 4.69) is 5.32 Å². The number of hydrogen-bond acceptors (Lipinski definition) is 3. The standard InChI is InChI=1S/C15H20F2N2O2/c16-14(17)10-19-8-4-7-13(9-19)18-15(20)21-11-12-5-2-1-3-6-12/h1-3,5-6,13-14H,4,7-11H2,(H,18,20). The number of carbonyl (C=O) groups is 1. The lowest BCUT2D eigenvalue weighted by molar-refractivity contribution is 0.0684. The van der Waals surface area contributed by atoms with Gasteiger partial charge in [0, 0.05) is 12.6 Å². The zero-order valence-electron chi connectivity index (χ0n) is 11.8. The molecule has 21 heavy (non-hydrogen) atoms. The van der Waals surface area contributed by atoms with Gasteiger partial charge in [0.15, 0.2) is 0 Å². The highest BCUT2D eigenvalue weighted by Crippen LogP contribution is 2.12. The van der Waals surface area contributed by atoms with Gasteiger partial charge in [0.1, 0.15) is 6.61 Å². The summed E-state index contributed by atoms with van der Waals surface area (Å²) >= 11 is 0. The van der Waals surface area contributed by atoms with E-state index < -0.39 is 12.5 Å². The summed E-state index contributed by atoms with van der Waals surface area (Å²) in [5.74, 6) is 0. The minimum atomic E-state index is -2.34. The number of likely N-dealkylation sites (tertiary alicyclic amines) is 1. The smallest absolute Gasteiger partial charge is 0.407 e. The van der Waals surface area contributed by atoms with Crippen LogP contribution in [0.3, 0.4) is 0 Å². The first-order chi connectivity index (χ1) is 10.1. The van der Waals surface area contributed by atoms with Gasteiger partial charge in [0.05, 0.1) is 6.54 Å². The van der Waals surface area contributed by atoms with E-state index in [0.29, 0.717) is 13.1 Å². The van der Waals surface area contributed by atoms with Gasteiger partial charge in [0.25, 0.3) is 6.43 Å². The third-order valence-corrected chi connectivity index (χ3v) is 3.44. The van der Waals surface area contributed by atoms with Gasteiger partial charge in [-0.15, -0.1) is 0 Å². The molecule has 1 fully saturated rings. The molecule has 0 aromatic heterocycles. The third-order valence-electron chi connectivity index (χ3n) is 3.44. The summed E-state index contributed by atoms with van der Waals surface area (Å²) in [6.45, 7) is 1.07. The Morgan fingerprint density at radius 3 is 2.86 bits per heavy atom. The molecule has 2 rings (SSSR count). The van der Waals surface area contributed by atoms with E-state index in [4.69, 9.17) is 4.74 Å². The molecule has 116 valence electrons. The predicted molar refractivity (Wildman–Crippen MR) is 75.2 cm³/mol. The number of halogens is 2. The number of alkyl halides is 2. The maximum absolute atomic E-state index is 12.4. The van der Waals surface area contributed by atoms with Gasteiger partial charge in [0.2, 0.25) is 0 Å². The van der Waals surface area contributed by atoms with Gasteiger partial charge in [-0.25, -0.2) is 13.6 Å². The van der Waals surface area contributed by atoms with Crippen molar-refractivity contribution in [1.29, 1.82) is 0 Å². The molecule has 1 unspecified atom stereocenters. The number of nitrogens with zero attached hydrogens (tertiary/aromatic N) is 1. The number of piperidine rings is 1. The van der Waals surface area contributed by atoms with E-state index in [1.54, 1.807) is 4.90 Å². The van der Waals surface area contributed by atoms with E-state index in [1.807, 2.05) is 30.3 Å². The Bertz CT molecular complexity index is 443. The second-order valence-corrected chi connectivity index (χ2v) is 5.20. The molecule has 6 heteroatoms. The first-order valence-corrected chi connectivity index (χ1v) is 7.11. The van der Waals surface area contributed by atoms with Crippen LogP contribution in [0.4, 0.5) is 13.6 Å². The van der Waals surface area contributed by atoms with E-state index in [-0.39, 0.29) is 19.2 Å². The normalized spacial score (nSPS) is 19.5. The first kappa shape index (κ1) is 15.7. The molecular weight excluding hydrogens is 278 g/mol. The number of ether oxygens (including phenoxy) is 1. The maximum atomic E-state index is 12.4. The van der Waals surface area contributed by atoms with Crippen LogP contribution in [-0.4, -0.2) is 43.1 Å². The van der Waals surface area contributed by atoms with Crippen molar-refractivity contribution in [3.05, 3.63) is 35.9 Å². The molecule has 1 amide bonds. The van der Waals surface area contributed by atoms with Gasteiger partial charge in [-0.05, 0) is 24.9 Å². The minimum absolute atomic E-state index is 0.124. The number of hydrogen-bond donors (Lipinski definition) is 1. The van der Waals surface area contributed by atoms with Crippen LogP contribution in [0.25, 0.3) is 0 Å². The van der Waals surface area contributed by atoms with Crippen molar-refractivity contribution in [3.8, 4) is 0 Å². The average molecular weight is 298 g/mol. The molecule has 1 aliphatic rings. The van der Waals surface area contributed by atoms with Gasteiger partial charge >= 0.3 is 6.09 Å². The van der Waals surface area contributed by atoms with Crippen molar-refractivity contribution in [1.82, 2.24) is 10.2 Å². The fourth-order valence-electron chi connectivity index (χ4n) is 2.47. The topological polar surface area (TPSA) is 41.6 Å². The SMILES string of the molecule is O=C(NC1CCCN(CC(F)F)C1)OCc1ccccc1. The predicted octanol–water partition coefficient (Wildman–Crippen LogP) is 2.64. The van der Waals surface area contributed by atoms with Crippen LogP contribution in [0.2, 0.25) is 0 Å². The first-order valence-electron chi connectivity index (χ1n) is 7.11. The van der Waals surface area contributed by atoms with Crippen molar-refractivity contribution in [2.75, 3.05) is 19.6 Å². The van der Waals surface area contributed by atoms with Crippen LogP contribution >= 0.6 is 0 Å².